The Bertz CT molecular complexity index is 792. The Morgan fingerprint density at radius 1 is 1.00 bits per heavy atom. The van der Waals surface area contributed by atoms with Crippen LogP contribution in [0.15, 0.2) is 60.7 Å². The van der Waals surface area contributed by atoms with Crippen LogP contribution in [0.2, 0.25) is 0 Å². The van der Waals surface area contributed by atoms with Gasteiger partial charge in [-0.3, -0.25) is 0 Å². The average Bonchev–Trinajstić information content (AvgIpc) is 3.00. The third-order valence-electron chi connectivity index (χ3n) is 3.98. The number of aliphatic hydroxyl groups is 1. The standard InChI is InChI=1S/C19H21N3O/c1-14(2)19(23)18(13-12-15-8-4-3-5-9-15)22-17-11-7-6-10-16(17)20-21-22/h3-14,18-19,23H,1-2H3/b13-12+. The predicted molar refractivity (Wildman–Crippen MR) is 92.9 cm³/mol. The maximum Gasteiger partial charge on any atom is 0.113 e. The molecule has 0 bridgehead atoms. The van der Waals surface area contributed by atoms with Gasteiger partial charge in [-0.2, -0.15) is 0 Å². The van der Waals surface area contributed by atoms with Gasteiger partial charge in [-0.25, -0.2) is 4.68 Å². The van der Waals surface area contributed by atoms with Gasteiger partial charge in [0.15, 0.2) is 0 Å². The van der Waals surface area contributed by atoms with Crippen LogP contribution >= 0.6 is 0 Å². The Balaban J connectivity index is 2.00. The van der Waals surface area contributed by atoms with E-state index in [1.165, 1.54) is 0 Å². The normalized spacial score (nSPS) is 14.6. The van der Waals surface area contributed by atoms with Crippen molar-refractivity contribution in [3.8, 4) is 0 Å². The highest BCUT2D eigenvalue weighted by atomic mass is 16.3. The zero-order valence-corrected chi connectivity index (χ0v) is 13.4. The highest BCUT2D eigenvalue weighted by molar-refractivity contribution is 5.74. The van der Waals surface area contributed by atoms with Gasteiger partial charge < -0.3 is 5.11 Å². The first-order valence-electron chi connectivity index (χ1n) is 7.88. The summed E-state index contributed by atoms with van der Waals surface area (Å²) in [4.78, 5) is 0. The van der Waals surface area contributed by atoms with Crippen molar-refractivity contribution in [3.05, 3.63) is 66.2 Å². The minimum atomic E-state index is -0.542. The maximum atomic E-state index is 10.7. The topological polar surface area (TPSA) is 50.9 Å². The molecule has 4 heteroatoms. The molecule has 1 heterocycles. The third kappa shape index (κ3) is 3.32. The zero-order valence-electron chi connectivity index (χ0n) is 13.4. The molecule has 4 nitrogen and oxygen atoms in total. The molecule has 2 atom stereocenters. The van der Waals surface area contributed by atoms with Gasteiger partial charge in [0.1, 0.15) is 5.52 Å². The Morgan fingerprint density at radius 2 is 1.70 bits per heavy atom. The average molecular weight is 307 g/mol. The molecular weight excluding hydrogens is 286 g/mol. The Labute approximate surface area is 136 Å². The first kappa shape index (κ1) is 15.4. The van der Waals surface area contributed by atoms with E-state index < -0.39 is 6.10 Å². The van der Waals surface area contributed by atoms with Gasteiger partial charge in [-0.05, 0) is 23.6 Å². The molecule has 3 aromatic rings. The molecule has 0 aliphatic heterocycles. The molecule has 2 unspecified atom stereocenters. The first-order chi connectivity index (χ1) is 11.2. The van der Waals surface area contributed by atoms with E-state index in [1.807, 2.05) is 80.6 Å². The molecule has 1 aromatic heterocycles. The summed E-state index contributed by atoms with van der Waals surface area (Å²) in [5.41, 5.74) is 2.86. The van der Waals surface area contributed by atoms with Gasteiger partial charge in [0.2, 0.25) is 0 Å². The summed E-state index contributed by atoms with van der Waals surface area (Å²) in [7, 11) is 0. The van der Waals surface area contributed by atoms with Crippen molar-refractivity contribution in [2.45, 2.75) is 26.0 Å². The fourth-order valence-electron chi connectivity index (χ4n) is 2.62. The molecule has 0 aliphatic carbocycles. The largest absolute Gasteiger partial charge is 0.390 e. The molecule has 0 spiro atoms. The van der Waals surface area contributed by atoms with E-state index in [-0.39, 0.29) is 12.0 Å². The van der Waals surface area contributed by atoms with Crippen LogP contribution < -0.4 is 0 Å². The van der Waals surface area contributed by atoms with E-state index in [0.717, 1.165) is 16.6 Å². The minimum Gasteiger partial charge on any atom is -0.390 e. The van der Waals surface area contributed by atoms with Crippen LogP contribution in [-0.2, 0) is 0 Å². The zero-order chi connectivity index (χ0) is 16.2. The summed E-state index contributed by atoms with van der Waals surface area (Å²) in [6, 6.07) is 17.6. The van der Waals surface area contributed by atoms with E-state index in [9.17, 15) is 5.11 Å². The first-order valence-corrected chi connectivity index (χ1v) is 7.88. The highest BCUT2D eigenvalue weighted by Crippen LogP contribution is 2.24. The van der Waals surface area contributed by atoms with E-state index in [1.54, 1.807) is 4.68 Å². The second kappa shape index (κ2) is 6.75. The molecule has 0 fully saturated rings. The van der Waals surface area contributed by atoms with E-state index >= 15 is 0 Å². The Kier molecular flexibility index (Phi) is 4.53. The van der Waals surface area contributed by atoms with Crippen LogP contribution in [-0.4, -0.2) is 26.2 Å². The Morgan fingerprint density at radius 3 is 2.43 bits per heavy atom. The molecule has 0 saturated carbocycles. The number of aromatic nitrogens is 3. The number of hydrogen-bond acceptors (Lipinski definition) is 3. The summed E-state index contributed by atoms with van der Waals surface area (Å²) >= 11 is 0. The summed E-state index contributed by atoms with van der Waals surface area (Å²) in [5.74, 6) is 0.114. The number of rotatable bonds is 5. The molecule has 0 saturated heterocycles. The van der Waals surface area contributed by atoms with Crippen LogP contribution in [0.3, 0.4) is 0 Å². The van der Waals surface area contributed by atoms with Crippen molar-refractivity contribution in [1.29, 1.82) is 0 Å². The van der Waals surface area contributed by atoms with E-state index in [0.29, 0.717) is 0 Å². The fourth-order valence-corrected chi connectivity index (χ4v) is 2.62. The second-order valence-corrected chi connectivity index (χ2v) is 6.02. The number of fused-ring (bicyclic) bond motifs is 1. The van der Waals surface area contributed by atoms with Gasteiger partial charge in [-0.15, -0.1) is 5.10 Å². The van der Waals surface area contributed by atoms with Gasteiger partial charge in [0.25, 0.3) is 0 Å². The SMILES string of the molecule is CC(C)C(O)C(/C=C/c1ccccc1)n1nnc2ccccc21. The quantitative estimate of drug-likeness (QED) is 0.782. The lowest BCUT2D eigenvalue weighted by molar-refractivity contribution is 0.0845. The lowest BCUT2D eigenvalue weighted by Gasteiger charge is -2.23. The number of benzene rings is 2. The number of para-hydroxylation sites is 1. The number of hydrogen-bond donors (Lipinski definition) is 1. The van der Waals surface area contributed by atoms with Crippen molar-refractivity contribution >= 4 is 17.1 Å². The predicted octanol–water partition coefficient (Wildman–Crippen LogP) is 3.70. The van der Waals surface area contributed by atoms with Crippen molar-refractivity contribution in [2.24, 2.45) is 5.92 Å². The van der Waals surface area contributed by atoms with Gasteiger partial charge in [0, 0.05) is 0 Å². The molecule has 0 aliphatic rings. The fraction of sp³-hybridized carbons (Fsp3) is 0.263. The minimum absolute atomic E-state index is 0.114. The lowest BCUT2D eigenvalue weighted by atomic mass is 9.98. The number of nitrogens with zero attached hydrogens (tertiary/aromatic N) is 3. The van der Waals surface area contributed by atoms with Crippen LogP contribution in [0.1, 0.15) is 25.5 Å². The molecule has 2 aromatic carbocycles. The lowest BCUT2D eigenvalue weighted by Crippen LogP contribution is -2.28. The summed E-state index contributed by atoms with van der Waals surface area (Å²) < 4.78 is 1.81. The monoisotopic (exact) mass is 307 g/mol. The second-order valence-electron chi connectivity index (χ2n) is 6.02. The maximum absolute atomic E-state index is 10.7. The third-order valence-corrected chi connectivity index (χ3v) is 3.98. The van der Waals surface area contributed by atoms with E-state index in [4.69, 9.17) is 0 Å². The van der Waals surface area contributed by atoms with E-state index in [2.05, 4.69) is 10.3 Å². The molecule has 0 radical (unpaired) electrons. The molecule has 0 amide bonds. The van der Waals surface area contributed by atoms with Gasteiger partial charge in [0.05, 0.1) is 17.7 Å². The summed E-state index contributed by atoms with van der Waals surface area (Å²) in [6.07, 6.45) is 3.48. The van der Waals surface area contributed by atoms with Crippen molar-refractivity contribution in [2.75, 3.05) is 0 Å². The van der Waals surface area contributed by atoms with Gasteiger partial charge >= 0.3 is 0 Å². The smallest absolute Gasteiger partial charge is 0.113 e. The molecule has 3 rings (SSSR count). The van der Waals surface area contributed by atoms with Crippen molar-refractivity contribution < 1.29 is 5.11 Å². The molecule has 23 heavy (non-hydrogen) atoms. The summed E-state index contributed by atoms with van der Waals surface area (Å²) in [5, 5.41) is 19.1. The van der Waals surface area contributed by atoms with Crippen molar-refractivity contribution in [1.82, 2.24) is 15.0 Å². The molecule has 118 valence electrons. The molecule has 1 N–H and O–H groups in total. The van der Waals surface area contributed by atoms with Gasteiger partial charge in [-0.1, -0.05) is 73.7 Å². The number of aliphatic hydroxyl groups excluding tert-OH is 1. The van der Waals surface area contributed by atoms with Crippen LogP contribution in [0.5, 0.6) is 0 Å². The Hall–Kier alpha value is -2.46. The van der Waals surface area contributed by atoms with Crippen LogP contribution in [0, 0.1) is 5.92 Å². The molecular formula is C19H21N3O. The van der Waals surface area contributed by atoms with Crippen LogP contribution in [0.25, 0.3) is 17.1 Å². The highest BCUT2D eigenvalue weighted by Gasteiger charge is 2.24. The van der Waals surface area contributed by atoms with Crippen molar-refractivity contribution in [3.63, 3.8) is 0 Å². The van der Waals surface area contributed by atoms with Crippen LogP contribution in [0.4, 0.5) is 0 Å². The summed E-state index contributed by atoms with van der Waals surface area (Å²) in [6.45, 7) is 4.01.